The molecule has 0 fully saturated rings. The zero-order chi connectivity index (χ0) is 25.8. The number of aromatic hydroxyl groups is 1. The summed E-state index contributed by atoms with van der Waals surface area (Å²) in [6.07, 6.45) is -0.360. The number of carboxylic acids is 1. The molecule has 1 aromatic heterocycles. The van der Waals surface area contributed by atoms with Crippen LogP contribution in [0.1, 0.15) is 29.2 Å². The third-order valence-electron chi connectivity index (χ3n) is 5.80. The molecule has 0 aliphatic carbocycles. The van der Waals surface area contributed by atoms with Crippen molar-refractivity contribution in [2.24, 2.45) is 0 Å². The number of carbonyl (C=O) groups is 2. The predicted molar refractivity (Wildman–Crippen MR) is 139 cm³/mol. The van der Waals surface area contributed by atoms with Crippen molar-refractivity contribution in [3.8, 4) is 5.75 Å². The Kier molecular flexibility index (Phi) is 7.26. The van der Waals surface area contributed by atoms with E-state index in [4.69, 9.17) is 11.6 Å². The number of amides is 2. The van der Waals surface area contributed by atoms with E-state index in [2.05, 4.69) is 10.6 Å². The quantitative estimate of drug-likeness (QED) is 0.280. The Bertz CT molecular complexity index is 1480. The standard InChI is InChI=1S/C27H24ClN3O5/c1-16-6-10-18(11-7-16)21(14-23(32)33)29-27(36)30-24-25(34)20-4-2-3-5-22(20)31(26(24)35)15-17-8-12-19(28)13-9-17/h2-13,21,34H,14-15H2,1H3,(H,32,33)(H2,29,30,36)/t21-/m0/s1. The van der Waals surface area contributed by atoms with Gasteiger partial charge >= 0.3 is 12.0 Å². The van der Waals surface area contributed by atoms with Crippen molar-refractivity contribution in [3.05, 3.63) is 105 Å². The van der Waals surface area contributed by atoms with Crippen LogP contribution in [0.3, 0.4) is 0 Å². The number of para-hydroxylation sites is 1. The van der Waals surface area contributed by atoms with E-state index in [1.54, 1.807) is 60.7 Å². The van der Waals surface area contributed by atoms with Crippen LogP contribution in [0.2, 0.25) is 5.02 Å². The van der Waals surface area contributed by atoms with Gasteiger partial charge in [-0.2, -0.15) is 0 Å². The lowest BCUT2D eigenvalue weighted by atomic mass is 10.0. The lowest BCUT2D eigenvalue weighted by molar-refractivity contribution is -0.137. The van der Waals surface area contributed by atoms with Crippen molar-refractivity contribution < 1.29 is 19.8 Å². The van der Waals surface area contributed by atoms with E-state index < -0.39 is 23.6 Å². The number of aromatic nitrogens is 1. The molecule has 4 N–H and O–H groups in total. The van der Waals surface area contributed by atoms with E-state index in [9.17, 15) is 24.6 Å². The minimum atomic E-state index is -1.10. The first-order valence-corrected chi connectivity index (χ1v) is 11.6. The fourth-order valence-electron chi connectivity index (χ4n) is 3.97. The van der Waals surface area contributed by atoms with Gasteiger partial charge in [0.15, 0.2) is 11.4 Å². The van der Waals surface area contributed by atoms with Gasteiger partial charge in [-0.15, -0.1) is 0 Å². The molecule has 4 aromatic rings. The molecule has 1 heterocycles. The predicted octanol–water partition coefficient (Wildman–Crippen LogP) is 5.05. The lowest BCUT2D eigenvalue weighted by Crippen LogP contribution is -2.36. The number of urea groups is 1. The SMILES string of the molecule is Cc1ccc([C@H](CC(=O)O)NC(=O)Nc2c(O)c3ccccc3n(Cc3ccc(Cl)cc3)c2=O)cc1. The van der Waals surface area contributed by atoms with Crippen LogP contribution in [-0.4, -0.2) is 26.8 Å². The summed E-state index contributed by atoms with van der Waals surface area (Å²) < 4.78 is 1.45. The van der Waals surface area contributed by atoms with Gasteiger partial charge in [-0.05, 0) is 42.3 Å². The number of nitrogens with one attached hydrogen (secondary N) is 2. The summed E-state index contributed by atoms with van der Waals surface area (Å²) in [6.45, 7) is 2.08. The number of aliphatic carboxylic acids is 1. The fraction of sp³-hybridized carbons (Fsp3) is 0.148. The Morgan fingerprint density at radius 2 is 1.67 bits per heavy atom. The summed E-state index contributed by atoms with van der Waals surface area (Å²) in [4.78, 5) is 37.7. The molecule has 8 nitrogen and oxygen atoms in total. The molecule has 0 unspecified atom stereocenters. The molecule has 1 atom stereocenters. The van der Waals surface area contributed by atoms with Crippen molar-refractivity contribution >= 4 is 40.2 Å². The minimum Gasteiger partial charge on any atom is -0.505 e. The number of carboxylic acid groups (broad SMARTS) is 1. The molecule has 0 saturated carbocycles. The van der Waals surface area contributed by atoms with Crippen LogP contribution in [0.5, 0.6) is 5.75 Å². The zero-order valence-corrected chi connectivity index (χ0v) is 20.1. The number of fused-ring (bicyclic) bond motifs is 1. The number of pyridine rings is 1. The van der Waals surface area contributed by atoms with Crippen LogP contribution < -0.4 is 16.2 Å². The van der Waals surface area contributed by atoms with Crippen LogP contribution in [0, 0.1) is 6.92 Å². The number of halogens is 1. The molecule has 36 heavy (non-hydrogen) atoms. The van der Waals surface area contributed by atoms with E-state index in [0.717, 1.165) is 11.1 Å². The van der Waals surface area contributed by atoms with Gasteiger partial charge in [-0.25, -0.2) is 4.79 Å². The summed E-state index contributed by atoms with van der Waals surface area (Å²) in [7, 11) is 0. The molecule has 0 spiro atoms. The van der Waals surface area contributed by atoms with Gasteiger partial charge in [0.05, 0.1) is 24.5 Å². The molecule has 0 radical (unpaired) electrons. The van der Waals surface area contributed by atoms with Crippen molar-refractivity contribution in [1.29, 1.82) is 0 Å². The number of benzene rings is 3. The first kappa shape index (κ1) is 24.8. The highest BCUT2D eigenvalue weighted by molar-refractivity contribution is 6.30. The first-order chi connectivity index (χ1) is 17.2. The number of carbonyl (C=O) groups excluding carboxylic acids is 1. The number of hydrogen-bond donors (Lipinski definition) is 4. The normalized spacial score (nSPS) is 11.7. The second-order valence-electron chi connectivity index (χ2n) is 8.42. The monoisotopic (exact) mass is 505 g/mol. The lowest BCUT2D eigenvalue weighted by Gasteiger charge is -2.19. The van der Waals surface area contributed by atoms with Crippen LogP contribution in [0.15, 0.2) is 77.6 Å². The minimum absolute atomic E-state index is 0.179. The van der Waals surface area contributed by atoms with Crippen molar-refractivity contribution in [2.45, 2.75) is 25.9 Å². The Morgan fingerprint density at radius 1 is 1.00 bits per heavy atom. The van der Waals surface area contributed by atoms with Crippen LogP contribution in [0.25, 0.3) is 10.9 Å². The molecule has 3 aromatic carbocycles. The second-order valence-corrected chi connectivity index (χ2v) is 8.85. The summed E-state index contributed by atoms with van der Waals surface area (Å²) in [5.41, 5.74) is 1.96. The molecule has 9 heteroatoms. The Hall–Kier alpha value is -4.30. The molecule has 4 rings (SSSR count). The van der Waals surface area contributed by atoms with Gasteiger partial charge < -0.3 is 25.4 Å². The third kappa shape index (κ3) is 5.50. The van der Waals surface area contributed by atoms with Gasteiger partial charge in [0.25, 0.3) is 5.56 Å². The van der Waals surface area contributed by atoms with Crippen molar-refractivity contribution in [3.63, 3.8) is 0 Å². The summed E-state index contributed by atoms with van der Waals surface area (Å²) in [5.74, 6) is -1.47. The number of hydrogen-bond acceptors (Lipinski definition) is 4. The number of nitrogens with zero attached hydrogens (tertiary/aromatic N) is 1. The van der Waals surface area contributed by atoms with Gasteiger partial charge in [0.1, 0.15) is 0 Å². The number of rotatable bonds is 7. The van der Waals surface area contributed by atoms with Crippen molar-refractivity contribution in [2.75, 3.05) is 5.32 Å². The van der Waals surface area contributed by atoms with Crippen LogP contribution >= 0.6 is 11.6 Å². The van der Waals surface area contributed by atoms with Gasteiger partial charge in [0, 0.05) is 10.4 Å². The van der Waals surface area contributed by atoms with Gasteiger partial charge in [-0.1, -0.05) is 65.7 Å². The van der Waals surface area contributed by atoms with E-state index >= 15 is 0 Å². The Balaban J connectivity index is 1.68. The molecular formula is C27H24ClN3O5. The highest BCUT2D eigenvalue weighted by atomic mass is 35.5. The zero-order valence-electron chi connectivity index (χ0n) is 19.4. The molecule has 0 aliphatic rings. The Labute approximate surface area is 211 Å². The molecule has 184 valence electrons. The van der Waals surface area contributed by atoms with Gasteiger partial charge in [0.2, 0.25) is 0 Å². The molecule has 2 amide bonds. The number of aryl methyl sites for hydroxylation is 1. The van der Waals surface area contributed by atoms with E-state index in [-0.39, 0.29) is 24.4 Å². The highest BCUT2D eigenvalue weighted by Crippen LogP contribution is 2.30. The average molecular weight is 506 g/mol. The maximum atomic E-state index is 13.4. The summed E-state index contributed by atoms with van der Waals surface area (Å²) in [6, 6.07) is 19.2. The largest absolute Gasteiger partial charge is 0.505 e. The second kappa shape index (κ2) is 10.5. The topological polar surface area (TPSA) is 121 Å². The molecule has 0 aliphatic heterocycles. The van der Waals surface area contributed by atoms with E-state index in [1.807, 2.05) is 19.1 Å². The smallest absolute Gasteiger partial charge is 0.319 e. The maximum Gasteiger partial charge on any atom is 0.319 e. The third-order valence-corrected chi connectivity index (χ3v) is 6.05. The van der Waals surface area contributed by atoms with Crippen LogP contribution in [0.4, 0.5) is 10.5 Å². The average Bonchev–Trinajstić information content (AvgIpc) is 2.85. The molecule has 0 saturated heterocycles. The Morgan fingerprint density at radius 3 is 2.33 bits per heavy atom. The van der Waals surface area contributed by atoms with E-state index in [0.29, 0.717) is 21.5 Å². The van der Waals surface area contributed by atoms with E-state index in [1.165, 1.54) is 4.57 Å². The molecule has 0 bridgehead atoms. The summed E-state index contributed by atoms with van der Waals surface area (Å²) >= 11 is 5.98. The summed E-state index contributed by atoms with van der Waals surface area (Å²) in [5, 5.41) is 26.2. The highest BCUT2D eigenvalue weighted by Gasteiger charge is 2.22. The van der Waals surface area contributed by atoms with Gasteiger partial charge in [-0.3, -0.25) is 9.59 Å². The first-order valence-electron chi connectivity index (χ1n) is 11.2. The van der Waals surface area contributed by atoms with Crippen LogP contribution in [-0.2, 0) is 11.3 Å². The molecular weight excluding hydrogens is 482 g/mol. The maximum absolute atomic E-state index is 13.4. The number of anilines is 1. The fourth-order valence-corrected chi connectivity index (χ4v) is 4.09. The van der Waals surface area contributed by atoms with Crippen molar-refractivity contribution in [1.82, 2.24) is 9.88 Å².